The number of carbonyl (C=O) groups is 2. The Morgan fingerprint density at radius 3 is 2.71 bits per heavy atom. The quantitative estimate of drug-likeness (QED) is 0.240. The SMILES string of the molecule is Cc1nc(NN)nc(NC2CCC(=O)NC2=O)c1[N+](=O)[O-]. The highest BCUT2D eigenvalue weighted by Crippen LogP contribution is 2.27. The molecule has 0 saturated carbocycles. The summed E-state index contributed by atoms with van der Waals surface area (Å²) in [6, 6.07) is -0.790. The first-order valence-electron chi connectivity index (χ1n) is 6.02. The molecule has 1 aliphatic heterocycles. The van der Waals surface area contributed by atoms with Crippen molar-refractivity contribution in [1.82, 2.24) is 15.3 Å². The summed E-state index contributed by atoms with van der Waals surface area (Å²) in [6.07, 6.45) is 0.361. The molecule has 0 bridgehead atoms. The summed E-state index contributed by atoms with van der Waals surface area (Å²) in [4.78, 5) is 40.9. The number of nitrogens with one attached hydrogen (secondary N) is 3. The van der Waals surface area contributed by atoms with Crippen molar-refractivity contribution in [1.29, 1.82) is 0 Å². The minimum atomic E-state index is -0.790. The lowest BCUT2D eigenvalue weighted by Crippen LogP contribution is -2.47. The minimum absolute atomic E-state index is 0.0205. The maximum Gasteiger partial charge on any atom is 0.332 e. The number of aromatic nitrogens is 2. The van der Waals surface area contributed by atoms with E-state index < -0.39 is 16.9 Å². The van der Waals surface area contributed by atoms with E-state index in [0.29, 0.717) is 0 Å². The number of hydrogen-bond donors (Lipinski definition) is 4. The number of nitrogens with zero attached hydrogens (tertiary/aromatic N) is 3. The summed E-state index contributed by atoms with van der Waals surface area (Å²) in [5.41, 5.74) is 1.94. The zero-order valence-electron chi connectivity index (χ0n) is 11.0. The topological polar surface area (TPSA) is 165 Å². The van der Waals surface area contributed by atoms with Crippen molar-refractivity contribution in [3.63, 3.8) is 0 Å². The molecule has 2 rings (SSSR count). The highest BCUT2D eigenvalue weighted by Gasteiger charge is 2.30. The van der Waals surface area contributed by atoms with Gasteiger partial charge in [0.25, 0.3) is 0 Å². The highest BCUT2D eigenvalue weighted by molar-refractivity contribution is 6.01. The molecule has 1 saturated heterocycles. The summed E-state index contributed by atoms with van der Waals surface area (Å²) in [5.74, 6) is 4.11. The Balaban J connectivity index is 2.34. The molecule has 1 atom stereocenters. The lowest BCUT2D eigenvalue weighted by molar-refractivity contribution is -0.385. The number of aryl methyl sites for hydroxylation is 1. The maximum absolute atomic E-state index is 11.7. The van der Waals surface area contributed by atoms with Crippen LogP contribution in [0, 0.1) is 17.0 Å². The summed E-state index contributed by atoms with van der Waals surface area (Å²) < 4.78 is 0. The molecule has 1 aliphatic rings. The van der Waals surface area contributed by atoms with Gasteiger partial charge in [0.1, 0.15) is 11.7 Å². The normalized spacial score (nSPS) is 18.1. The molecule has 112 valence electrons. The molecular formula is C10H13N7O4. The van der Waals surface area contributed by atoms with E-state index in [9.17, 15) is 19.7 Å². The second kappa shape index (κ2) is 5.66. The molecule has 2 amide bonds. The van der Waals surface area contributed by atoms with Crippen molar-refractivity contribution in [3.8, 4) is 0 Å². The standard InChI is InChI=1S/C10H13N7O4/c1-4-7(17(20)21)8(15-10(12-4)16-11)13-5-2-3-6(18)14-9(5)19/h5H,2-3,11H2,1H3,(H,14,18,19)(H2,12,13,15,16). The van der Waals surface area contributed by atoms with Crippen LogP contribution in [0.3, 0.4) is 0 Å². The third-order valence-corrected chi connectivity index (χ3v) is 2.92. The fraction of sp³-hybridized carbons (Fsp3) is 0.400. The molecule has 1 fully saturated rings. The second-order valence-corrected chi connectivity index (χ2v) is 4.38. The smallest absolute Gasteiger partial charge is 0.332 e. The molecule has 0 aromatic carbocycles. The van der Waals surface area contributed by atoms with Gasteiger partial charge in [0.05, 0.1) is 4.92 Å². The summed E-state index contributed by atoms with van der Waals surface area (Å²) in [6.45, 7) is 1.43. The average Bonchev–Trinajstić information content (AvgIpc) is 2.40. The van der Waals surface area contributed by atoms with Gasteiger partial charge in [-0.1, -0.05) is 0 Å². The molecule has 0 aliphatic carbocycles. The van der Waals surface area contributed by atoms with Gasteiger partial charge in [-0.2, -0.15) is 4.98 Å². The lowest BCUT2D eigenvalue weighted by atomic mass is 10.1. The van der Waals surface area contributed by atoms with E-state index in [1.165, 1.54) is 6.92 Å². The van der Waals surface area contributed by atoms with Crippen LogP contribution in [0.1, 0.15) is 18.5 Å². The van der Waals surface area contributed by atoms with E-state index in [2.05, 4.69) is 26.0 Å². The van der Waals surface area contributed by atoms with Gasteiger partial charge in [-0.05, 0) is 13.3 Å². The predicted octanol–water partition coefficient (Wildman–Crippen LogP) is -0.804. The van der Waals surface area contributed by atoms with Gasteiger partial charge in [0.2, 0.25) is 23.6 Å². The molecular weight excluding hydrogens is 282 g/mol. The van der Waals surface area contributed by atoms with Crippen molar-refractivity contribution in [2.24, 2.45) is 5.84 Å². The number of hydrogen-bond acceptors (Lipinski definition) is 9. The van der Waals surface area contributed by atoms with Gasteiger partial charge in [-0.15, -0.1) is 0 Å². The largest absolute Gasteiger partial charge is 0.352 e. The Labute approximate surface area is 118 Å². The number of carbonyl (C=O) groups excluding carboxylic acids is 2. The Morgan fingerprint density at radius 2 is 2.14 bits per heavy atom. The van der Waals surface area contributed by atoms with E-state index in [1.54, 1.807) is 0 Å². The number of nitrogen functional groups attached to an aromatic ring is 1. The molecule has 0 radical (unpaired) electrons. The Morgan fingerprint density at radius 1 is 1.43 bits per heavy atom. The summed E-state index contributed by atoms with van der Waals surface area (Å²) in [7, 11) is 0. The number of nitrogens with two attached hydrogens (primary N) is 1. The number of hydrazine groups is 1. The first kappa shape index (κ1) is 14.6. The second-order valence-electron chi connectivity index (χ2n) is 4.38. The van der Waals surface area contributed by atoms with Gasteiger partial charge in [0.15, 0.2) is 0 Å². The fourth-order valence-electron chi connectivity index (χ4n) is 1.95. The van der Waals surface area contributed by atoms with Crippen LogP contribution in [-0.2, 0) is 9.59 Å². The van der Waals surface area contributed by atoms with Gasteiger partial charge in [0, 0.05) is 6.42 Å². The van der Waals surface area contributed by atoms with E-state index in [1.807, 2.05) is 0 Å². The number of piperidine rings is 1. The van der Waals surface area contributed by atoms with Crippen molar-refractivity contribution < 1.29 is 14.5 Å². The van der Waals surface area contributed by atoms with Crippen LogP contribution in [-0.4, -0.2) is 32.7 Å². The molecule has 11 nitrogen and oxygen atoms in total. The Hall–Kier alpha value is -2.82. The van der Waals surface area contributed by atoms with Crippen molar-refractivity contribution in [2.75, 3.05) is 10.7 Å². The van der Waals surface area contributed by atoms with Crippen molar-refractivity contribution in [3.05, 3.63) is 15.8 Å². The number of amides is 2. The van der Waals surface area contributed by atoms with Crippen molar-refractivity contribution in [2.45, 2.75) is 25.8 Å². The highest BCUT2D eigenvalue weighted by atomic mass is 16.6. The van der Waals surface area contributed by atoms with E-state index in [4.69, 9.17) is 5.84 Å². The van der Waals surface area contributed by atoms with Crippen LogP contribution in [0.5, 0.6) is 0 Å². The van der Waals surface area contributed by atoms with Crippen LogP contribution in [0.2, 0.25) is 0 Å². The number of rotatable bonds is 4. The third-order valence-electron chi connectivity index (χ3n) is 2.92. The molecule has 1 aromatic rings. The first-order valence-corrected chi connectivity index (χ1v) is 6.02. The fourth-order valence-corrected chi connectivity index (χ4v) is 1.95. The molecule has 1 aromatic heterocycles. The zero-order chi connectivity index (χ0) is 15.6. The third kappa shape index (κ3) is 3.02. The molecule has 1 unspecified atom stereocenters. The summed E-state index contributed by atoms with van der Waals surface area (Å²) >= 11 is 0. The first-order chi connectivity index (χ1) is 9.92. The van der Waals surface area contributed by atoms with Crippen molar-refractivity contribution >= 4 is 29.3 Å². The predicted molar refractivity (Wildman–Crippen MR) is 71.0 cm³/mol. The average molecular weight is 295 g/mol. The van der Waals surface area contributed by atoms with Crippen LogP contribution >= 0.6 is 0 Å². The Bertz CT molecular complexity index is 618. The number of imide groups is 1. The van der Waals surface area contributed by atoms with Crippen LogP contribution < -0.4 is 21.9 Å². The maximum atomic E-state index is 11.7. The lowest BCUT2D eigenvalue weighted by Gasteiger charge is -2.22. The zero-order valence-corrected chi connectivity index (χ0v) is 11.0. The van der Waals surface area contributed by atoms with Crippen LogP contribution in [0.4, 0.5) is 17.5 Å². The van der Waals surface area contributed by atoms with E-state index in [0.717, 1.165) is 0 Å². The van der Waals surface area contributed by atoms with Crippen LogP contribution in [0.25, 0.3) is 0 Å². The molecule has 2 heterocycles. The van der Waals surface area contributed by atoms with E-state index >= 15 is 0 Å². The van der Waals surface area contributed by atoms with Crippen LogP contribution in [0.15, 0.2) is 0 Å². The molecule has 5 N–H and O–H groups in total. The molecule has 21 heavy (non-hydrogen) atoms. The van der Waals surface area contributed by atoms with E-state index in [-0.39, 0.29) is 41.9 Å². The monoisotopic (exact) mass is 295 g/mol. The van der Waals surface area contributed by atoms with Gasteiger partial charge >= 0.3 is 5.69 Å². The van der Waals surface area contributed by atoms with Gasteiger partial charge < -0.3 is 5.32 Å². The molecule has 0 spiro atoms. The number of anilines is 2. The Kier molecular flexibility index (Phi) is 3.93. The minimum Gasteiger partial charge on any atom is -0.352 e. The molecule has 11 heteroatoms. The van der Waals surface area contributed by atoms with Gasteiger partial charge in [-0.3, -0.25) is 30.4 Å². The van der Waals surface area contributed by atoms with Gasteiger partial charge in [-0.25, -0.2) is 10.8 Å². The number of nitro groups is 1. The summed E-state index contributed by atoms with van der Waals surface area (Å²) in [5, 5.41) is 15.9.